The number of nitrogens with zero attached hydrogens (tertiary/aromatic N) is 2. The first-order valence-corrected chi connectivity index (χ1v) is 6.42. The molecule has 4 nitrogen and oxygen atoms in total. The van der Waals surface area contributed by atoms with E-state index in [-0.39, 0.29) is 5.82 Å². The number of hydrogen-bond donors (Lipinski definition) is 1. The van der Waals surface area contributed by atoms with Crippen molar-refractivity contribution < 1.29 is 9.90 Å². The van der Waals surface area contributed by atoms with Crippen molar-refractivity contribution in [1.82, 2.24) is 9.38 Å². The first-order valence-electron chi connectivity index (χ1n) is 5.63. The molecule has 3 aromatic rings. The van der Waals surface area contributed by atoms with Crippen LogP contribution in [0.3, 0.4) is 0 Å². The van der Waals surface area contributed by atoms with E-state index >= 15 is 0 Å². The lowest BCUT2D eigenvalue weighted by atomic mass is 10.1. The van der Waals surface area contributed by atoms with E-state index in [2.05, 4.69) is 20.9 Å². The molecule has 0 fully saturated rings. The van der Waals surface area contributed by atoms with Crippen LogP contribution >= 0.6 is 15.9 Å². The van der Waals surface area contributed by atoms with Gasteiger partial charge in [-0.1, -0.05) is 34.1 Å². The van der Waals surface area contributed by atoms with Gasteiger partial charge >= 0.3 is 5.97 Å². The molecular weight excluding hydrogens is 308 g/mol. The van der Waals surface area contributed by atoms with Crippen molar-refractivity contribution in [2.75, 3.05) is 0 Å². The van der Waals surface area contributed by atoms with Crippen molar-refractivity contribution in [3.8, 4) is 11.3 Å². The number of halogens is 1. The van der Waals surface area contributed by atoms with Crippen LogP contribution in [-0.4, -0.2) is 20.5 Å². The molecule has 1 N–H and O–H groups in total. The molecule has 0 radical (unpaired) electrons. The fourth-order valence-electron chi connectivity index (χ4n) is 2.01. The molecule has 2 heterocycles. The number of pyridine rings is 1. The molecule has 1 aromatic carbocycles. The fourth-order valence-corrected chi connectivity index (χ4v) is 2.27. The number of imidazole rings is 1. The summed E-state index contributed by atoms with van der Waals surface area (Å²) in [5, 5.41) is 9.20. The summed E-state index contributed by atoms with van der Waals surface area (Å²) in [6.45, 7) is 0. The maximum Gasteiger partial charge on any atom is 0.372 e. The number of carbonyl (C=O) groups is 1. The van der Waals surface area contributed by atoms with Crippen LogP contribution in [0.4, 0.5) is 0 Å². The van der Waals surface area contributed by atoms with E-state index in [4.69, 9.17) is 0 Å². The number of fused-ring (bicyclic) bond motifs is 1. The molecule has 0 aliphatic carbocycles. The van der Waals surface area contributed by atoms with Crippen molar-refractivity contribution in [3.63, 3.8) is 0 Å². The maximum atomic E-state index is 11.2. The Hall–Kier alpha value is -2.14. The Morgan fingerprint density at radius 2 is 1.89 bits per heavy atom. The van der Waals surface area contributed by atoms with E-state index in [1.165, 1.54) is 0 Å². The maximum absolute atomic E-state index is 11.2. The Kier molecular flexibility index (Phi) is 2.83. The second kappa shape index (κ2) is 4.51. The lowest BCUT2D eigenvalue weighted by Crippen LogP contribution is -2.02. The van der Waals surface area contributed by atoms with Crippen molar-refractivity contribution in [2.45, 2.75) is 0 Å². The average molecular weight is 317 g/mol. The Bertz CT molecular complexity index is 763. The minimum Gasteiger partial charge on any atom is -0.475 e. The van der Waals surface area contributed by atoms with E-state index in [1.807, 2.05) is 36.4 Å². The van der Waals surface area contributed by atoms with Gasteiger partial charge in [-0.3, -0.25) is 4.40 Å². The van der Waals surface area contributed by atoms with Gasteiger partial charge in [0.05, 0.1) is 11.2 Å². The van der Waals surface area contributed by atoms with Gasteiger partial charge < -0.3 is 5.11 Å². The molecule has 0 saturated heterocycles. The van der Waals surface area contributed by atoms with Gasteiger partial charge in [0.1, 0.15) is 0 Å². The Morgan fingerprint density at radius 3 is 2.58 bits per heavy atom. The molecule has 0 amide bonds. The molecule has 0 spiro atoms. The molecular formula is C14H9BrN2O2. The van der Waals surface area contributed by atoms with Gasteiger partial charge in [-0.05, 0) is 24.3 Å². The largest absolute Gasteiger partial charge is 0.475 e. The van der Waals surface area contributed by atoms with Crippen molar-refractivity contribution >= 4 is 27.4 Å². The Morgan fingerprint density at radius 1 is 1.16 bits per heavy atom. The smallest absolute Gasteiger partial charge is 0.372 e. The zero-order valence-corrected chi connectivity index (χ0v) is 11.3. The summed E-state index contributed by atoms with van der Waals surface area (Å²) in [7, 11) is 0. The van der Waals surface area contributed by atoms with Crippen LogP contribution < -0.4 is 0 Å². The number of benzene rings is 1. The third-order valence-corrected chi connectivity index (χ3v) is 3.39. The number of aromatic carboxylic acids is 1. The molecule has 5 heteroatoms. The van der Waals surface area contributed by atoms with Crippen LogP contribution in [-0.2, 0) is 0 Å². The topological polar surface area (TPSA) is 54.6 Å². The first-order chi connectivity index (χ1) is 9.16. The van der Waals surface area contributed by atoms with E-state index in [1.54, 1.807) is 16.7 Å². The highest BCUT2D eigenvalue weighted by Gasteiger charge is 2.16. The summed E-state index contributed by atoms with van der Waals surface area (Å²) in [5.74, 6) is -1.02. The summed E-state index contributed by atoms with van der Waals surface area (Å²) in [6, 6.07) is 13.1. The minimum atomic E-state index is -1.04. The highest BCUT2D eigenvalue weighted by Crippen LogP contribution is 2.26. The highest BCUT2D eigenvalue weighted by atomic mass is 79.9. The molecule has 94 valence electrons. The monoisotopic (exact) mass is 316 g/mol. The predicted octanol–water partition coefficient (Wildman–Crippen LogP) is 3.46. The summed E-state index contributed by atoms with van der Waals surface area (Å²) >= 11 is 3.38. The SMILES string of the molecule is O=C(O)c1nc(-c2ccc(Br)cc2)c2ccccn12. The highest BCUT2D eigenvalue weighted by molar-refractivity contribution is 9.10. The second-order valence-electron chi connectivity index (χ2n) is 4.05. The van der Waals surface area contributed by atoms with Crippen molar-refractivity contribution in [2.24, 2.45) is 0 Å². The summed E-state index contributed by atoms with van der Waals surface area (Å²) in [5.41, 5.74) is 2.34. The molecule has 0 bridgehead atoms. The van der Waals surface area contributed by atoms with E-state index in [0.717, 1.165) is 15.6 Å². The average Bonchev–Trinajstić information content (AvgIpc) is 2.79. The quantitative estimate of drug-likeness (QED) is 0.787. The predicted molar refractivity (Wildman–Crippen MR) is 75.3 cm³/mol. The number of carboxylic acids is 1. The molecule has 0 unspecified atom stereocenters. The van der Waals surface area contributed by atoms with Gasteiger partial charge in [-0.25, -0.2) is 9.78 Å². The molecule has 2 aromatic heterocycles. The van der Waals surface area contributed by atoms with Crippen LogP contribution in [0, 0.1) is 0 Å². The molecule has 19 heavy (non-hydrogen) atoms. The summed E-state index contributed by atoms with van der Waals surface area (Å²) < 4.78 is 2.55. The normalized spacial score (nSPS) is 10.8. The van der Waals surface area contributed by atoms with Gasteiger partial charge in [-0.15, -0.1) is 0 Å². The second-order valence-corrected chi connectivity index (χ2v) is 4.97. The van der Waals surface area contributed by atoms with E-state index < -0.39 is 5.97 Å². The van der Waals surface area contributed by atoms with Crippen LogP contribution in [0.1, 0.15) is 10.6 Å². The molecule has 0 atom stereocenters. The molecule has 0 aliphatic rings. The number of rotatable bonds is 2. The third-order valence-electron chi connectivity index (χ3n) is 2.86. The Balaban J connectivity index is 2.29. The van der Waals surface area contributed by atoms with Gasteiger partial charge in [0.25, 0.3) is 0 Å². The number of carboxylic acid groups (broad SMARTS) is 1. The standard InChI is InChI=1S/C14H9BrN2O2/c15-10-6-4-9(5-7-10)12-11-3-1-2-8-17(11)13(16-12)14(18)19/h1-8H,(H,18,19). The zero-order chi connectivity index (χ0) is 13.4. The van der Waals surface area contributed by atoms with Crippen LogP contribution in [0.5, 0.6) is 0 Å². The van der Waals surface area contributed by atoms with Crippen LogP contribution in [0.2, 0.25) is 0 Å². The first kappa shape index (κ1) is 11.9. The number of hydrogen-bond acceptors (Lipinski definition) is 2. The summed E-state index contributed by atoms with van der Waals surface area (Å²) in [6.07, 6.45) is 1.70. The van der Waals surface area contributed by atoms with Crippen LogP contribution in [0.15, 0.2) is 53.1 Å². The van der Waals surface area contributed by atoms with E-state index in [0.29, 0.717) is 5.69 Å². The lowest BCUT2D eigenvalue weighted by molar-refractivity contribution is 0.0683. The lowest BCUT2D eigenvalue weighted by Gasteiger charge is -1.99. The van der Waals surface area contributed by atoms with Crippen molar-refractivity contribution in [1.29, 1.82) is 0 Å². The third kappa shape index (κ3) is 2.02. The minimum absolute atomic E-state index is 0.0218. The van der Waals surface area contributed by atoms with Gasteiger partial charge in [0.2, 0.25) is 5.82 Å². The van der Waals surface area contributed by atoms with Gasteiger partial charge in [-0.2, -0.15) is 0 Å². The molecule has 3 rings (SSSR count). The molecule has 0 saturated carbocycles. The number of aromatic nitrogens is 2. The zero-order valence-electron chi connectivity index (χ0n) is 9.75. The molecule has 0 aliphatic heterocycles. The van der Waals surface area contributed by atoms with Crippen LogP contribution in [0.25, 0.3) is 16.8 Å². The Labute approximate surface area is 117 Å². The summed E-state index contributed by atoms with van der Waals surface area (Å²) in [4.78, 5) is 15.5. The fraction of sp³-hybridized carbons (Fsp3) is 0. The van der Waals surface area contributed by atoms with Crippen molar-refractivity contribution in [3.05, 3.63) is 59.0 Å². The van der Waals surface area contributed by atoms with E-state index in [9.17, 15) is 9.90 Å². The van der Waals surface area contributed by atoms with Gasteiger partial charge in [0, 0.05) is 16.2 Å². The van der Waals surface area contributed by atoms with Gasteiger partial charge in [0.15, 0.2) is 0 Å².